The van der Waals surface area contributed by atoms with Gasteiger partial charge in [0.25, 0.3) is 5.91 Å². The lowest BCUT2D eigenvalue weighted by molar-refractivity contribution is 0.0946. The number of amides is 1. The van der Waals surface area contributed by atoms with Gasteiger partial charge in [-0.25, -0.2) is 4.39 Å². The summed E-state index contributed by atoms with van der Waals surface area (Å²) in [6, 6.07) is 8.86. The number of ether oxygens (including phenoxy) is 2. The normalized spacial score (nSPS) is 10.3. The molecule has 0 saturated heterocycles. The molecule has 30 heavy (non-hydrogen) atoms. The van der Waals surface area contributed by atoms with Gasteiger partial charge in [0.2, 0.25) is 5.89 Å². The number of nitrogens with two attached hydrogens (primary N) is 1. The Morgan fingerprint density at radius 1 is 1.23 bits per heavy atom. The van der Waals surface area contributed by atoms with Crippen LogP contribution < -0.4 is 20.5 Å². The summed E-state index contributed by atoms with van der Waals surface area (Å²) >= 11 is 0. The number of carbonyl (C=O) groups is 1. The third-order valence-electron chi connectivity index (χ3n) is 4.05. The number of methoxy groups -OCH3 is 1. The topological polar surface area (TPSA) is 112 Å². The summed E-state index contributed by atoms with van der Waals surface area (Å²) in [7, 11) is 1.47. The summed E-state index contributed by atoms with van der Waals surface area (Å²) in [5, 5.41) is 6.48. The molecule has 0 fully saturated rings. The molecule has 1 amide bonds. The predicted octanol–water partition coefficient (Wildman–Crippen LogP) is 3.38. The van der Waals surface area contributed by atoms with Gasteiger partial charge in [-0.3, -0.25) is 4.79 Å². The van der Waals surface area contributed by atoms with E-state index < -0.39 is 5.82 Å². The Morgan fingerprint density at radius 2 is 2.03 bits per heavy atom. The number of hydrogen-bond donors (Lipinski definition) is 2. The van der Waals surface area contributed by atoms with E-state index in [9.17, 15) is 9.18 Å². The van der Waals surface area contributed by atoms with Crippen molar-refractivity contribution in [2.45, 2.75) is 26.4 Å². The van der Waals surface area contributed by atoms with Gasteiger partial charge in [0.1, 0.15) is 11.6 Å². The Hall–Kier alpha value is -3.17. The van der Waals surface area contributed by atoms with Crippen LogP contribution in [0.1, 0.15) is 34.6 Å². The van der Waals surface area contributed by atoms with Crippen LogP contribution in [0.25, 0.3) is 0 Å². The third-order valence-corrected chi connectivity index (χ3v) is 4.05. The van der Waals surface area contributed by atoms with Crippen molar-refractivity contribution in [1.29, 1.82) is 0 Å². The second kappa shape index (κ2) is 10.6. The van der Waals surface area contributed by atoms with E-state index in [1.807, 2.05) is 6.92 Å². The van der Waals surface area contributed by atoms with E-state index in [4.69, 9.17) is 19.7 Å². The van der Waals surface area contributed by atoms with Crippen LogP contribution >= 0.6 is 12.4 Å². The molecule has 160 valence electrons. The number of nitrogens with one attached hydrogen (secondary N) is 1. The largest absolute Gasteiger partial charge is 0.493 e. The first-order chi connectivity index (χ1) is 14.0. The van der Waals surface area contributed by atoms with Crippen molar-refractivity contribution in [3.8, 4) is 17.2 Å². The second-order valence-corrected chi connectivity index (χ2v) is 6.11. The molecule has 1 aromatic heterocycles. The zero-order valence-electron chi connectivity index (χ0n) is 16.5. The lowest BCUT2D eigenvalue weighted by Gasteiger charge is -2.13. The highest BCUT2D eigenvalue weighted by Gasteiger charge is 2.14. The Labute approximate surface area is 179 Å². The van der Waals surface area contributed by atoms with Crippen molar-refractivity contribution in [2.24, 2.45) is 5.73 Å². The van der Waals surface area contributed by atoms with Crippen LogP contribution in [-0.4, -0.2) is 23.2 Å². The van der Waals surface area contributed by atoms with Crippen molar-refractivity contribution in [1.82, 2.24) is 15.5 Å². The molecule has 10 heteroatoms. The van der Waals surface area contributed by atoms with Gasteiger partial charge in [-0.2, -0.15) is 4.98 Å². The molecule has 0 radical (unpaired) electrons. The smallest absolute Gasteiger partial charge is 0.251 e. The number of aromatic nitrogens is 2. The maximum Gasteiger partial charge on any atom is 0.251 e. The molecule has 0 aliphatic carbocycles. The van der Waals surface area contributed by atoms with E-state index in [2.05, 4.69) is 15.5 Å². The maximum atomic E-state index is 13.7. The van der Waals surface area contributed by atoms with Gasteiger partial charge in [0.15, 0.2) is 17.3 Å². The third kappa shape index (κ3) is 5.68. The highest BCUT2D eigenvalue weighted by atomic mass is 35.5. The van der Waals surface area contributed by atoms with Crippen molar-refractivity contribution in [3.05, 3.63) is 65.1 Å². The summed E-state index contributed by atoms with van der Waals surface area (Å²) in [5.41, 5.74) is 6.48. The van der Waals surface area contributed by atoms with Crippen LogP contribution in [0.3, 0.4) is 0 Å². The van der Waals surface area contributed by atoms with Crippen LogP contribution in [0.5, 0.6) is 17.2 Å². The molecule has 0 aliphatic heterocycles. The summed E-state index contributed by atoms with van der Waals surface area (Å²) in [6.45, 7) is 2.17. The highest BCUT2D eigenvalue weighted by molar-refractivity contribution is 5.94. The fraction of sp³-hybridized carbons (Fsp3) is 0.250. The van der Waals surface area contributed by atoms with E-state index in [1.54, 1.807) is 18.2 Å². The molecule has 0 aliphatic rings. The first kappa shape index (κ1) is 23.1. The van der Waals surface area contributed by atoms with Crippen LogP contribution in [0, 0.1) is 5.82 Å². The van der Waals surface area contributed by atoms with E-state index >= 15 is 0 Å². The van der Waals surface area contributed by atoms with E-state index in [1.165, 1.54) is 25.3 Å². The summed E-state index contributed by atoms with van der Waals surface area (Å²) in [5.74, 6) is 0.955. The number of hydrogen-bond acceptors (Lipinski definition) is 7. The van der Waals surface area contributed by atoms with Gasteiger partial charge in [0.05, 0.1) is 13.7 Å². The lowest BCUT2D eigenvalue weighted by Crippen LogP contribution is -2.23. The predicted molar refractivity (Wildman–Crippen MR) is 109 cm³/mol. The zero-order valence-corrected chi connectivity index (χ0v) is 17.3. The number of halogens is 2. The van der Waals surface area contributed by atoms with Crippen LogP contribution in [0.2, 0.25) is 0 Å². The molecular weight excluding hydrogens is 415 g/mol. The molecule has 3 aromatic rings. The lowest BCUT2D eigenvalue weighted by atomic mass is 10.1. The van der Waals surface area contributed by atoms with Crippen molar-refractivity contribution in [3.63, 3.8) is 0 Å². The second-order valence-electron chi connectivity index (χ2n) is 6.11. The van der Waals surface area contributed by atoms with Gasteiger partial charge >= 0.3 is 0 Å². The van der Waals surface area contributed by atoms with Gasteiger partial charge in [-0.05, 0) is 35.9 Å². The number of nitrogens with zero attached hydrogens (tertiary/aromatic N) is 2. The minimum Gasteiger partial charge on any atom is -0.493 e. The molecule has 8 nitrogen and oxygen atoms in total. The van der Waals surface area contributed by atoms with Crippen molar-refractivity contribution < 1.29 is 23.2 Å². The molecule has 0 atom stereocenters. The van der Waals surface area contributed by atoms with Crippen molar-refractivity contribution in [2.75, 3.05) is 7.11 Å². The molecule has 0 spiro atoms. The number of aryl methyl sites for hydroxylation is 1. The average Bonchev–Trinajstić information content (AvgIpc) is 3.19. The average molecular weight is 437 g/mol. The Kier molecular flexibility index (Phi) is 8.14. The Balaban J connectivity index is 0.00000320. The number of carbonyl (C=O) groups excluding carboxylic acids is 1. The molecule has 3 rings (SSSR count). The van der Waals surface area contributed by atoms with Gasteiger partial charge in [0, 0.05) is 24.6 Å². The van der Waals surface area contributed by atoms with Gasteiger partial charge < -0.3 is 25.0 Å². The summed E-state index contributed by atoms with van der Waals surface area (Å²) in [4.78, 5) is 16.6. The molecule has 1 heterocycles. The minimum absolute atomic E-state index is 0. The van der Waals surface area contributed by atoms with E-state index in [0.717, 1.165) is 0 Å². The highest BCUT2D eigenvalue weighted by Crippen LogP contribution is 2.33. The first-order valence-corrected chi connectivity index (χ1v) is 8.97. The molecule has 3 N–H and O–H groups in total. The number of benzene rings is 2. The standard InChI is InChI=1S/C20H21FN4O4.ClH/c1-3-18-24-19(29-25-18)11-23-20(26)13-4-5-16(27-2)17(8-13)28-15-7-12(10-22)6-14(21)9-15;/h4-9H,3,10-11,22H2,1-2H3,(H,23,26);1H. The van der Waals surface area contributed by atoms with Crippen LogP contribution in [0.15, 0.2) is 40.9 Å². The SMILES string of the molecule is CCc1noc(CNC(=O)c2ccc(OC)c(Oc3cc(F)cc(CN)c3)c2)n1.Cl. The monoisotopic (exact) mass is 436 g/mol. The maximum absolute atomic E-state index is 13.7. The number of rotatable bonds is 8. The zero-order chi connectivity index (χ0) is 20.8. The first-order valence-electron chi connectivity index (χ1n) is 8.97. The Morgan fingerprint density at radius 3 is 2.70 bits per heavy atom. The Bertz CT molecular complexity index is 1010. The molecule has 2 aromatic carbocycles. The van der Waals surface area contributed by atoms with E-state index in [-0.39, 0.29) is 42.9 Å². The molecule has 0 saturated carbocycles. The fourth-order valence-electron chi connectivity index (χ4n) is 2.59. The van der Waals surface area contributed by atoms with E-state index in [0.29, 0.717) is 35.0 Å². The summed E-state index contributed by atoms with van der Waals surface area (Å²) < 4.78 is 29.8. The minimum atomic E-state index is -0.471. The van der Waals surface area contributed by atoms with Gasteiger partial charge in [-0.15, -0.1) is 12.4 Å². The van der Waals surface area contributed by atoms with Gasteiger partial charge in [-0.1, -0.05) is 12.1 Å². The summed E-state index contributed by atoms with van der Waals surface area (Å²) in [6.07, 6.45) is 0.641. The fourth-order valence-corrected chi connectivity index (χ4v) is 2.59. The molecule has 0 unspecified atom stereocenters. The van der Waals surface area contributed by atoms with Crippen molar-refractivity contribution >= 4 is 18.3 Å². The molecular formula is C20H22ClFN4O4. The quantitative estimate of drug-likeness (QED) is 0.556. The van der Waals surface area contributed by atoms with Crippen LogP contribution in [0.4, 0.5) is 4.39 Å². The molecule has 0 bridgehead atoms. The van der Waals surface area contributed by atoms with Crippen LogP contribution in [-0.2, 0) is 19.5 Å².